The number of amides is 1. The van der Waals surface area contributed by atoms with E-state index in [2.05, 4.69) is 20.4 Å². The predicted octanol–water partition coefficient (Wildman–Crippen LogP) is 3.35. The number of carbonyl (C=O) groups excluding carboxylic acids is 2. The molecule has 9 heteroatoms. The van der Waals surface area contributed by atoms with Gasteiger partial charge in [-0.15, -0.1) is 0 Å². The average molecular weight is 371 g/mol. The van der Waals surface area contributed by atoms with Crippen molar-refractivity contribution >= 4 is 28.8 Å². The van der Waals surface area contributed by atoms with Gasteiger partial charge in [0.25, 0.3) is 10.8 Å². The number of Topliss-reactive ketones (excluding diaryl/α,β-unsaturated/α-hetero) is 1. The van der Waals surface area contributed by atoms with E-state index in [-0.39, 0.29) is 17.1 Å². The van der Waals surface area contributed by atoms with Gasteiger partial charge in [0, 0.05) is 11.8 Å². The van der Waals surface area contributed by atoms with Gasteiger partial charge in [-0.2, -0.15) is 10.2 Å². The van der Waals surface area contributed by atoms with Crippen molar-refractivity contribution < 1.29 is 24.1 Å². The molecule has 0 aliphatic rings. The Balaban J connectivity index is 2.22. The maximum Gasteiger partial charge on any atom is 0.320 e. The molecule has 1 atom stereocenters. The molecule has 0 radical (unpaired) electrons. The van der Waals surface area contributed by atoms with Gasteiger partial charge in [-0.1, -0.05) is 18.2 Å². The normalized spacial score (nSPS) is 11.7. The van der Waals surface area contributed by atoms with Crippen LogP contribution in [0.4, 0.5) is 17.1 Å². The minimum atomic E-state index is -1.32. The van der Waals surface area contributed by atoms with Gasteiger partial charge in [-0.3, -0.25) is 9.59 Å². The summed E-state index contributed by atoms with van der Waals surface area (Å²) in [6.45, 7) is 1.25. The molecule has 0 aliphatic heterocycles. The lowest BCUT2D eigenvalue weighted by Gasteiger charge is -2.09. The van der Waals surface area contributed by atoms with Crippen LogP contribution in [0.15, 0.2) is 58.8 Å². The van der Waals surface area contributed by atoms with E-state index >= 15 is 0 Å². The molecule has 140 valence electrons. The lowest BCUT2D eigenvalue weighted by Crippen LogP contribution is -2.31. The van der Waals surface area contributed by atoms with Crippen LogP contribution in [0.1, 0.15) is 6.92 Å². The molecule has 0 fully saturated rings. The van der Waals surface area contributed by atoms with Gasteiger partial charge >= 0.3 is 5.69 Å². The molecule has 1 N–H and O–H groups in total. The molecule has 0 heterocycles. The second-order valence-electron chi connectivity index (χ2n) is 5.38. The van der Waals surface area contributed by atoms with E-state index < -0.39 is 17.7 Å². The minimum Gasteiger partial charge on any atom is -0.494 e. The number of azo groups is 1. The second-order valence-corrected chi connectivity index (χ2v) is 5.38. The summed E-state index contributed by atoms with van der Waals surface area (Å²) in [4.78, 5) is 40.5. The zero-order valence-corrected chi connectivity index (χ0v) is 15.1. The third-order valence-electron chi connectivity index (χ3n) is 3.50. The van der Waals surface area contributed by atoms with Gasteiger partial charge in [0.1, 0.15) is 5.69 Å². The van der Waals surface area contributed by atoms with Crippen LogP contribution in [-0.2, 0) is 14.4 Å². The van der Waals surface area contributed by atoms with E-state index in [0.29, 0.717) is 10.6 Å². The standard InChI is InChI=1S/C18H18N4O5/c1-12(23)17(18(24)19-13-7-5-4-6-8-13)21-20-15-10-9-14(22(25)27-3)11-16(15)26-2/h4-11,17H,1-3H3/p+1. The third kappa shape index (κ3) is 5.18. The topological polar surface area (TPSA) is 109 Å². The Morgan fingerprint density at radius 2 is 1.81 bits per heavy atom. The summed E-state index contributed by atoms with van der Waals surface area (Å²) in [6.07, 6.45) is 0. The van der Waals surface area contributed by atoms with E-state index in [1.807, 2.05) is 0 Å². The van der Waals surface area contributed by atoms with E-state index in [0.717, 1.165) is 0 Å². The van der Waals surface area contributed by atoms with Crippen molar-refractivity contribution in [3.05, 3.63) is 53.4 Å². The molecule has 2 rings (SSSR count). The Morgan fingerprint density at radius 1 is 1.11 bits per heavy atom. The number of para-hydroxylation sites is 1. The van der Waals surface area contributed by atoms with Crippen molar-refractivity contribution in [3.8, 4) is 5.75 Å². The van der Waals surface area contributed by atoms with Crippen molar-refractivity contribution in [2.75, 3.05) is 19.5 Å². The van der Waals surface area contributed by atoms with Crippen molar-refractivity contribution in [1.29, 1.82) is 0 Å². The summed E-state index contributed by atoms with van der Waals surface area (Å²) in [5.74, 6) is -0.828. The van der Waals surface area contributed by atoms with Gasteiger partial charge in [-0.25, -0.2) is 4.84 Å². The fourth-order valence-electron chi connectivity index (χ4n) is 2.14. The molecule has 9 nitrogen and oxygen atoms in total. The van der Waals surface area contributed by atoms with Crippen LogP contribution in [0.25, 0.3) is 0 Å². The maximum absolute atomic E-state index is 12.3. The summed E-state index contributed by atoms with van der Waals surface area (Å²) in [5.41, 5.74) is 0.990. The number of anilines is 1. The molecule has 0 saturated heterocycles. The summed E-state index contributed by atoms with van der Waals surface area (Å²) in [7, 11) is 2.63. The number of ketones is 1. The Labute approximate surface area is 155 Å². The van der Waals surface area contributed by atoms with E-state index in [1.165, 1.54) is 39.3 Å². The first-order valence-electron chi connectivity index (χ1n) is 7.93. The maximum atomic E-state index is 12.3. The molecular formula is C18H19N4O5+. The predicted molar refractivity (Wildman–Crippen MR) is 97.3 cm³/mol. The number of methoxy groups -OCH3 is 1. The zero-order valence-electron chi connectivity index (χ0n) is 15.1. The van der Waals surface area contributed by atoms with Crippen LogP contribution in [0.3, 0.4) is 0 Å². The molecule has 0 bridgehead atoms. The molecule has 0 spiro atoms. The number of ether oxygens (including phenoxy) is 1. The van der Waals surface area contributed by atoms with Crippen LogP contribution in [0, 0.1) is 4.91 Å². The number of carbonyl (C=O) groups is 2. The first kappa shape index (κ1) is 19.7. The fraction of sp³-hybridized carbons (Fsp3) is 0.222. The van der Waals surface area contributed by atoms with Gasteiger partial charge in [0.05, 0.1) is 18.1 Å². The van der Waals surface area contributed by atoms with Crippen molar-refractivity contribution in [3.63, 3.8) is 0 Å². The quantitative estimate of drug-likeness (QED) is 0.435. The second kappa shape index (κ2) is 9.18. The van der Waals surface area contributed by atoms with Crippen LogP contribution < -0.4 is 10.1 Å². The third-order valence-corrected chi connectivity index (χ3v) is 3.50. The lowest BCUT2D eigenvalue weighted by atomic mass is 10.2. The molecule has 0 aliphatic carbocycles. The van der Waals surface area contributed by atoms with E-state index in [4.69, 9.17) is 4.74 Å². The van der Waals surface area contributed by atoms with Crippen LogP contribution in [0.2, 0.25) is 0 Å². The monoisotopic (exact) mass is 371 g/mol. The molecule has 2 aromatic rings. The van der Waals surface area contributed by atoms with Gasteiger partial charge < -0.3 is 10.1 Å². The minimum absolute atomic E-state index is 0.193. The van der Waals surface area contributed by atoms with E-state index in [9.17, 15) is 14.5 Å². The average Bonchev–Trinajstić information content (AvgIpc) is 2.68. The molecule has 1 unspecified atom stereocenters. The number of hydrogen-bond donors (Lipinski definition) is 1. The van der Waals surface area contributed by atoms with Crippen molar-refractivity contribution in [2.45, 2.75) is 13.0 Å². The van der Waals surface area contributed by atoms with Crippen LogP contribution in [-0.4, -0.2) is 36.9 Å². The van der Waals surface area contributed by atoms with Gasteiger partial charge in [-0.05, 0) is 25.1 Å². The van der Waals surface area contributed by atoms with Gasteiger partial charge in [0.15, 0.2) is 18.6 Å². The number of rotatable bonds is 8. The Bertz CT molecular complexity index is 867. The van der Waals surface area contributed by atoms with E-state index in [1.54, 1.807) is 30.3 Å². The summed E-state index contributed by atoms with van der Waals surface area (Å²) in [5, 5.41) is 10.4. The molecular weight excluding hydrogens is 352 g/mol. The number of benzene rings is 2. The molecule has 27 heavy (non-hydrogen) atoms. The molecule has 1 amide bonds. The number of hydrogen-bond acceptors (Lipinski definition) is 7. The highest BCUT2D eigenvalue weighted by atomic mass is 16.8. The molecule has 0 saturated carbocycles. The molecule has 0 aromatic heterocycles. The summed E-state index contributed by atoms with van der Waals surface area (Å²) < 4.78 is 5.17. The fourth-order valence-corrected chi connectivity index (χ4v) is 2.14. The number of nitrogens with zero attached hydrogens (tertiary/aromatic N) is 3. The lowest BCUT2D eigenvalue weighted by molar-refractivity contribution is -0.736. The highest BCUT2D eigenvalue weighted by Crippen LogP contribution is 2.32. The first-order valence-corrected chi connectivity index (χ1v) is 7.93. The molecule has 2 aromatic carbocycles. The highest BCUT2D eigenvalue weighted by molar-refractivity contribution is 6.10. The van der Waals surface area contributed by atoms with Crippen molar-refractivity contribution in [2.24, 2.45) is 10.2 Å². The summed E-state index contributed by atoms with van der Waals surface area (Å²) >= 11 is 0. The first-order chi connectivity index (χ1) is 13.0. The Hall–Kier alpha value is -3.62. The smallest absolute Gasteiger partial charge is 0.320 e. The highest BCUT2D eigenvalue weighted by Gasteiger charge is 2.24. The Morgan fingerprint density at radius 3 is 2.41 bits per heavy atom. The Kier molecular flexibility index (Phi) is 6.70. The van der Waals surface area contributed by atoms with Gasteiger partial charge in [0.2, 0.25) is 6.04 Å². The van der Waals surface area contributed by atoms with Crippen LogP contribution >= 0.6 is 0 Å². The zero-order chi connectivity index (χ0) is 19.8. The SMILES string of the molecule is COc1cc([N+](=O)OC)ccc1N=NC(C(C)=O)C(=O)Nc1ccccc1. The largest absolute Gasteiger partial charge is 0.494 e. The van der Waals surface area contributed by atoms with Crippen molar-refractivity contribution in [1.82, 2.24) is 0 Å². The number of nitrogens with one attached hydrogen (secondary N) is 1. The summed E-state index contributed by atoms with van der Waals surface area (Å²) in [6, 6.07) is 11.7. The van der Waals surface area contributed by atoms with Crippen LogP contribution in [0.5, 0.6) is 5.75 Å².